The Morgan fingerprint density at radius 1 is 1.36 bits per heavy atom. The second-order valence-electron chi connectivity index (χ2n) is 5.66. The second-order valence-corrected chi connectivity index (χ2v) is 7.90. The van der Waals surface area contributed by atoms with E-state index in [1.807, 2.05) is 18.2 Å². The summed E-state index contributed by atoms with van der Waals surface area (Å²) in [4.78, 5) is 18.5. The summed E-state index contributed by atoms with van der Waals surface area (Å²) in [6.45, 7) is 0.624. The third-order valence-corrected chi connectivity index (χ3v) is 5.95. The number of hydrogen-bond donors (Lipinski definition) is 0. The lowest BCUT2D eigenvalue weighted by Crippen LogP contribution is -2.31. The molecule has 4 rings (SSSR count). The average molecular weight is 393 g/mol. The Bertz CT molecular complexity index is 847. The lowest BCUT2D eigenvalue weighted by molar-refractivity contribution is -0.126. The molecule has 1 fully saturated rings. The molecule has 25 heavy (non-hydrogen) atoms. The summed E-state index contributed by atoms with van der Waals surface area (Å²) in [5.74, 6) is 1.28. The number of pyridine rings is 1. The van der Waals surface area contributed by atoms with E-state index >= 15 is 0 Å². The van der Waals surface area contributed by atoms with Gasteiger partial charge >= 0.3 is 0 Å². The normalized spacial score (nSPS) is 18.9. The van der Waals surface area contributed by atoms with Gasteiger partial charge in [-0.25, -0.2) is 0 Å². The minimum Gasteiger partial charge on any atom is -0.454 e. The van der Waals surface area contributed by atoms with Gasteiger partial charge in [-0.15, -0.1) is 0 Å². The van der Waals surface area contributed by atoms with Gasteiger partial charge in [-0.05, 0) is 29.7 Å². The summed E-state index contributed by atoms with van der Waals surface area (Å²) in [6.07, 6.45) is 3.93. The molecule has 1 atom stereocenters. The van der Waals surface area contributed by atoms with Crippen molar-refractivity contribution in [1.82, 2.24) is 9.88 Å². The maximum Gasteiger partial charge on any atom is 0.242 e. The number of fused-ring (bicyclic) bond motifs is 1. The van der Waals surface area contributed by atoms with Gasteiger partial charge in [0.05, 0.1) is 11.8 Å². The number of rotatable bonds is 4. The molecule has 0 aliphatic carbocycles. The van der Waals surface area contributed by atoms with Gasteiger partial charge in [-0.1, -0.05) is 41.6 Å². The van der Waals surface area contributed by atoms with Gasteiger partial charge in [0.25, 0.3) is 0 Å². The molecule has 2 aliphatic rings. The van der Waals surface area contributed by atoms with Crippen LogP contribution in [-0.4, -0.2) is 32.2 Å². The molecule has 0 saturated carbocycles. The largest absolute Gasteiger partial charge is 0.454 e. The number of thioether (sulfide) groups is 1. The number of nitrogens with zero attached hydrogens (tertiary/aromatic N) is 2. The first-order valence-electron chi connectivity index (χ1n) is 7.61. The lowest BCUT2D eigenvalue weighted by atomic mass is 10.1. The quantitative estimate of drug-likeness (QED) is 0.743. The number of amides is 1. The van der Waals surface area contributed by atoms with E-state index in [0.29, 0.717) is 33.8 Å². The van der Waals surface area contributed by atoms with Crippen LogP contribution in [0, 0.1) is 0 Å². The monoisotopic (exact) mass is 392 g/mol. The standard InChI is InChI=1S/C17H13ClN2O3S2/c18-12-6-14-13(22-9-23-14)4-11(12)5-15-16(21)20(17(24)25-15)8-10-2-1-3-19-7-10/h1-4,6-7,15H,5,8-9H2/t15-/m0/s1. The fourth-order valence-electron chi connectivity index (χ4n) is 2.76. The highest BCUT2D eigenvalue weighted by Gasteiger charge is 2.37. The molecular formula is C17H13ClN2O3S2. The summed E-state index contributed by atoms with van der Waals surface area (Å²) >= 11 is 13.1. The smallest absolute Gasteiger partial charge is 0.242 e. The summed E-state index contributed by atoms with van der Waals surface area (Å²) in [7, 11) is 0. The Labute approximate surface area is 159 Å². The molecule has 2 aliphatic heterocycles. The minimum atomic E-state index is -0.290. The Morgan fingerprint density at radius 2 is 2.16 bits per heavy atom. The van der Waals surface area contributed by atoms with Crippen LogP contribution in [-0.2, 0) is 17.8 Å². The van der Waals surface area contributed by atoms with E-state index in [1.54, 1.807) is 23.4 Å². The van der Waals surface area contributed by atoms with E-state index < -0.39 is 0 Å². The van der Waals surface area contributed by atoms with Crippen molar-refractivity contribution in [1.29, 1.82) is 0 Å². The molecule has 0 spiro atoms. The maximum absolute atomic E-state index is 12.8. The van der Waals surface area contributed by atoms with Crippen molar-refractivity contribution in [3.05, 3.63) is 52.8 Å². The van der Waals surface area contributed by atoms with Gasteiger partial charge in [0.2, 0.25) is 12.7 Å². The summed E-state index contributed by atoms with van der Waals surface area (Å²) in [5, 5.41) is 0.274. The predicted octanol–water partition coefficient (Wildman–Crippen LogP) is 3.44. The molecule has 0 bridgehead atoms. The molecule has 3 heterocycles. The minimum absolute atomic E-state index is 0.00686. The van der Waals surface area contributed by atoms with Crippen LogP contribution in [0.5, 0.6) is 11.5 Å². The molecule has 128 valence electrons. The zero-order valence-electron chi connectivity index (χ0n) is 13.0. The van der Waals surface area contributed by atoms with Crippen molar-refractivity contribution in [2.75, 3.05) is 6.79 Å². The predicted molar refractivity (Wildman–Crippen MR) is 100 cm³/mol. The summed E-state index contributed by atoms with van der Waals surface area (Å²) in [5.41, 5.74) is 1.79. The number of aromatic nitrogens is 1. The molecule has 5 nitrogen and oxygen atoms in total. The fraction of sp³-hybridized carbons (Fsp3) is 0.235. The number of thiocarbonyl (C=S) groups is 1. The van der Waals surface area contributed by atoms with Crippen LogP contribution in [0.4, 0.5) is 0 Å². The second kappa shape index (κ2) is 6.82. The highest BCUT2D eigenvalue weighted by Crippen LogP contribution is 2.39. The molecule has 1 aromatic carbocycles. The van der Waals surface area contributed by atoms with Gasteiger partial charge in [-0.3, -0.25) is 14.7 Å². The van der Waals surface area contributed by atoms with Gasteiger partial charge < -0.3 is 9.47 Å². The van der Waals surface area contributed by atoms with Crippen molar-refractivity contribution < 1.29 is 14.3 Å². The molecule has 8 heteroatoms. The van der Waals surface area contributed by atoms with E-state index in [4.69, 9.17) is 33.3 Å². The van der Waals surface area contributed by atoms with E-state index in [0.717, 1.165) is 11.1 Å². The van der Waals surface area contributed by atoms with Crippen LogP contribution < -0.4 is 9.47 Å². The summed E-state index contributed by atoms with van der Waals surface area (Å²) in [6, 6.07) is 7.34. The zero-order chi connectivity index (χ0) is 17.4. The molecule has 1 amide bonds. The number of halogens is 1. The van der Waals surface area contributed by atoms with Crippen LogP contribution in [0.2, 0.25) is 5.02 Å². The molecule has 0 unspecified atom stereocenters. The van der Waals surface area contributed by atoms with Crippen LogP contribution in [0.3, 0.4) is 0 Å². The number of carbonyl (C=O) groups is 1. The molecule has 1 saturated heterocycles. The van der Waals surface area contributed by atoms with Crippen LogP contribution >= 0.6 is 35.6 Å². The first-order valence-corrected chi connectivity index (χ1v) is 9.27. The van der Waals surface area contributed by atoms with E-state index in [-0.39, 0.29) is 18.0 Å². The zero-order valence-corrected chi connectivity index (χ0v) is 15.4. The van der Waals surface area contributed by atoms with Crippen molar-refractivity contribution >= 4 is 45.8 Å². The molecular weight excluding hydrogens is 380 g/mol. The maximum atomic E-state index is 12.8. The topological polar surface area (TPSA) is 51.7 Å². The Kier molecular flexibility index (Phi) is 4.54. The number of carbonyl (C=O) groups excluding carboxylic acids is 1. The highest BCUT2D eigenvalue weighted by molar-refractivity contribution is 8.24. The van der Waals surface area contributed by atoms with Crippen molar-refractivity contribution in [2.24, 2.45) is 0 Å². The van der Waals surface area contributed by atoms with Gasteiger partial charge in [-0.2, -0.15) is 0 Å². The number of ether oxygens (including phenoxy) is 2. The van der Waals surface area contributed by atoms with Crippen LogP contribution in [0.15, 0.2) is 36.7 Å². The van der Waals surface area contributed by atoms with Gasteiger partial charge in [0, 0.05) is 23.5 Å². The van der Waals surface area contributed by atoms with E-state index in [2.05, 4.69) is 4.98 Å². The van der Waals surface area contributed by atoms with Gasteiger partial charge in [0.15, 0.2) is 11.5 Å². The van der Waals surface area contributed by atoms with Crippen molar-refractivity contribution in [2.45, 2.75) is 18.2 Å². The molecule has 0 radical (unpaired) electrons. The van der Waals surface area contributed by atoms with Crippen molar-refractivity contribution in [3.8, 4) is 11.5 Å². The third-order valence-electron chi connectivity index (χ3n) is 4.02. The Morgan fingerprint density at radius 3 is 2.92 bits per heavy atom. The van der Waals surface area contributed by atoms with E-state index in [9.17, 15) is 4.79 Å². The van der Waals surface area contributed by atoms with Crippen LogP contribution in [0.1, 0.15) is 11.1 Å². The fourth-order valence-corrected chi connectivity index (χ4v) is 4.51. The Hall–Kier alpha value is -1.83. The molecule has 0 N–H and O–H groups in total. The highest BCUT2D eigenvalue weighted by atomic mass is 35.5. The van der Waals surface area contributed by atoms with E-state index in [1.165, 1.54) is 11.8 Å². The third kappa shape index (κ3) is 3.31. The van der Waals surface area contributed by atoms with Gasteiger partial charge in [0.1, 0.15) is 4.32 Å². The van der Waals surface area contributed by atoms with Crippen molar-refractivity contribution in [3.63, 3.8) is 0 Å². The first kappa shape index (κ1) is 16.6. The molecule has 2 aromatic rings. The van der Waals surface area contributed by atoms with Crippen LogP contribution in [0.25, 0.3) is 0 Å². The SMILES string of the molecule is O=C1[C@H](Cc2cc3c(cc2Cl)OCO3)SC(=S)N1Cc1cccnc1. The Balaban J connectivity index is 1.51. The number of hydrogen-bond acceptors (Lipinski definition) is 6. The molecule has 1 aromatic heterocycles. The average Bonchev–Trinajstić information content (AvgIpc) is 3.16. The number of benzene rings is 1. The summed E-state index contributed by atoms with van der Waals surface area (Å²) < 4.78 is 11.3. The first-order chi connectivity index (χ1) is 12.1. The lowest BCUT2D eigenvalue weighted by Gasteiger charge is -2.15.